The molecule has 2 aromatic carbocycles. The van der Waals surface area contributed by atoms with Crippen LogP contribution in [0.1, 0.15) is 31.9 Å². The molecule has 0 aliphatic heterocycles. The van der Waals surface area contributed by atoms with Crippen LogP contribution in [0.2, 0.25) is 0 Å². The molecule has 2 aromatic rings. The summed E-state index contributed by atoms with van der Waals surface area (Å²) in [6.07, 6.45) is 0. The summed E-state index contributed by atoms with van der Waals surface area (Å²) in [5.41, 5.74) is 8.89. The van der Waals surface area contributed by atoms with Gasteiger partial charge in [-0.1, -0.05) is 81.4 Å². The smallest absolute Gasteiger partial charge is 0.0449 e. The van der Waals surface area contributed by atoms with E-state index in [0.717, 1.165) is 13.1 Å². The number of hydrogen-bond donors (Lipinski definition) is 2. The minimum atomic E-state index is -0.187. The van der Waals surface area contributed by atoms with Gasteiger partial charge in [0.05, 0.1) is 0 Å². The van der Waals surface area contributed by atoms with Gasteiger partial charge in [0.15, 0.2) is 0 Å². The normalized spacial score (nSPS) is 12.4. The van der Waals surface area contributed by atoms with E-state index in [1.807, 2.05) is 0 Å². The molecule has 0 amide bonds. The molecule has 0 heterocycles. The molecule has 0 radical (unpaired) electrons. The molecule has 0 spiro atoms. The molecule has 0 atom stereocenters. The lowest BCUT2D eigenvalue weighted by Crippen LogP contribution is -2.46. The Morgan fingerprint density at radius 2 is 1.23 bits per heavy atom. The van der Waals surface area contributed by atoms with E-state index >= 15 is 0 Å². The molecule has 0 aliphatic rings. The molecular weight excluding hydrogens is 268 g/mol. The van der Waals surface area contributed by atoms with Crippen LogP contribution in [0, 0.1) is 5.41 Å². The van der Waals surface area contributed by atoms with E-state index in [1.165, 1.54) is 11.1 Å². The molecule has 0 fully saturated rings. The van der Waals surface area contributed by atoms with Crippen molar-refractivity contribution in [3.05, 3.63) is 71.8 Å². The molecule has 0 unspecified atom stereocenters. The quantitative estimate of drug-likeness (QED) is 0.855. The maximum atomic E-state index is 6.28. The summed E-state index contributed by atoms with van der Waals surface area (Å²) in [4.78, 5) is 0. The zero-order chi connectivity index (χ0) is 16.1. The molecule has 0 bridgehead atoms. The maximum Gasteiger partial charge on any atom is 0.0449 e. The minimum absolute atomic E-state index is 0.187. The van der Waals surface area contributed by atoms with Gasteiger partial charge in [-0.3, -0.25) is 0 Å². The van der Waals surface area contributed by atoms with Crippen LogP contribution in [0.25, 0.3) is 0 Å². The van der Waals surface area contributed by atoms with Crippen LogP contribution in [0.5, 0.6) is 0 Å². The fraction of sp³-hybridized carbons (Fsp3) is 0.400. The van der Waals surface area contributed by atoms with Crippen LogP contribution in [0.3, 0.4) is 0 Å². The zero-order valence-corrected chi connectivity index (χ0v) is 14.0. The lowest BCUT2D eigenvalue weighted by molar-refractivity contribution is 0.355. The van der Waals surface area contributed by atoms with Crippen molar-refractivity contribution >= 4 is 0 Å². The summed E-state index contributed by atoms with van der Waals surface area (Å²) >= 11 is 0. The van der Waals surface area contributed by atoms with Gasteiger partial charge in [0.1, 0.15) is 0 Å². The highest BCUT2D eigenvalue weighted by atomic mass is 14.9. The third-order valence-corrected chi connectivity index (χ3v) is 4.08. The number of benzene rings is 2. The highest BCUT2D eigenvalue weighted by Gasteiger charge is 2.32. The van der Waals surface area contributed by atoms with E-state index in [0.29, 0.717) is 6.54 Å². The van der Waals surface area contributed by atoms with Gasteiger partial charge in [-0.2, -0.15) is 0 Å². The van der Waals surface area contributed by atoms with Crippen molar-refractivity contribution in [2.45, 2.75) is 26.2 Å². The molecule has 0 aliphatic carbocycles. The van der Waals surface area contributed by atoms with Gasteiger partial charge in [0.2, 0.25) is 0 Å². The van der Waals surface area contributed by atoms with Gasteiger partial charge in [0, 0.05) is 25.0 Å². The zero-order valence-electron chi connectivity index (χ0n) is 14.0. The molecule has 2 rings (SSSR count). The number of nitrogens with one attached hydrogen (secondary N) is 1. The van der Waals surface area contributed by atoms with Crippen LogP contribution in [0.4, 0.5) is 0 Å². The first-order valence-corrected chi connectivity index (χ1v) is 8.00. The average molecular weight is 296 g/mol. The van der Waals surface area contributed by atoms with Gasteiger partial charge >= 0.3 is 0 Å². The predicted octanol–water partition coefficient (Wildman–Crippen LogP) is 3.57. The summed E-state index contributed by atoms with van der Waals surface area (Å²) in [6.45, 7) is 9.13. The second kappa shape index (κ2) is 7.08. The van der Waals surface area contributed by atoms with Crippen LogP contribution < -0.4 is 11.1 Å². The van der Waals surface area contributed by atoms with Gasteiger partial charge in [-0.15, -0.1) is 0 Å². The second-order valence-corrected chi connectivity index (χ2v) is 7.18. The van der Waals surface area contributed by atoms with Crippen molar-refractivity contribution in [2.75, 3.05) is 19.6 Å². The van der Waals surface area contributed by atoms with E-state index in [2.05, 4.69) is 86.8 Å². The third kappa shape index (κ3) is 3.96. The lowest BCUT2D eigenvalue weighted by atomic mass is 9.74. The maximum absolute atomic E-state index is 6.28. The Bertz CT molecular complexity index is 516. The molecule has 2 nitrogen and oxygen atoms in total. The van der Waals surface area contributed by atoms with Crippen molar-refractivity contribution < 1.29 is 0 Å². The van der Waals surface area contributed by atoms with E-state index in [4.69, 9.17) is 5.73 Å². The van der Waals surface area contributed by atoms with Crippen molar-refractivity contribution in [1.82, 2.24) is 5.32 Å². The number of hydrogen-bond acceptors (Lipinski definition) is 2. The van der Waals surface area contributed by atoms with Crippen LogP contribution >= 0.6 is 0 Å². The molecule has 2 heteroatoms. The summed E-state index contributed by atoms with van der Waals surface area (Å²) < 4.78 is 0. The van der Waals surface area contributed by atoms with Crippen molar-refractivity contribution in [2.24, 2.45) is 11.1 Å². The first kappa shape index (κ1) is 16.7. The molecule has 0 aromatic heterocycles. The minimum Gasteiger partial charge on any atom is -0.329 e. The molecular formula is C20H28N2. The van der Waals surface area contributed by atoms with Crippen molar-refractivity contribution in [1.29, 1.82) is 0 Å². The molecule has 118 valence electrons. The van der Waals surface area contributed by atoms with Crippen LogP contribution in [-0.2, 0) is 5.41 Å². The highest BCUT2D eigenvalue weighted by Crippen LogP contribution is 2.31. The Morgan fingerprint density at radius 1 is 0.773 bits per heavy atom. The fourth-order valence-corrected chi connectivity index (χ4v) is 2.84. The number of rotatable bonds is 6. The molecule has 0 saturated heterocycles. The average Bonchev–Trinajstić information content (AvgIpc) is 2.52. The van der Waals surface area contributed by atoms with Gasteiger partial charge in [0.25, 0.3) is 0 Å². The van der Waals surface area contributed by atoms with Gasteiger partial charge < -0.3 is 11.1 Å². The largest absolute Gasteiger partial charge is 0.329 e. The molecule has 0 saturated carbocycles. The Kier molecular flexibility index (Phi) is 5.38. The Balaban J connectivity index is 2.35. The van der Waals surface area contributed by atoms with Crippen molar-refractivity contribution in [3.8, 4) is 0 Å². The third-order valence-electron chi connectivity index (χ3n) is 4.08. The van der Waals surface area contributed by atoms with E-state index < -0.39 is 0 Å². The lowest BCUT2D eigenvalue weighted by Gasteiger charge is -2.35. The van der Waals surface area contributed by atoms with Gasteiger partial charge in [-0.25, -0.2) is 0 Å². The number of nitrogens with two attached hydrogens (primary N) is 1. The molecule has 3 N–H and O–H groups in total. The van der Waals surface area contributed by atoms with Crippen LogP contribution in [0.15, 0.2) is 60.7 Å². The summed E-state index contributed by atoms with van der Waals surface area (Å²) in [7, 11) is 0. The van der Waals surface area contributed by atoms with E-state index in [-0.39, 0.29) is 10.8 Å². The van der Waals surface area contributed by atoms with Crippen LogP contribution in [-0.4, -0.2) is 19.6 Å². The Labute approximate surface area is 134 Å². The Hall–Kier alpha value is -1.64. The van der Waals surface area contributed by atoms with E-state index in [9.17, 15) is 0 Å². The van der Waals surface area contributed by atoms with Crippen molar-refractivity contribution in [3.63, 3.8) is 0 Å². The monoisotopic (exact) mass is 296 g/mol. The topological polar surface area (TPSA) is 38.0 Å². The summed E-state index contributed by atoms with van der Waals surface area (Å²) in [5.74, 6) is 0. The standard InChI is InChI=1S/C20H28N2/c1-19(2,3)15-22-16-20(14-21,17-10-6-4-7-11-17)18-12-8-5-9-13-18/h4-13,22H,14-16,21H2,1-3H3. The van der Waals surface area contributed by atoms with Gasteiger partial charge in [-0.05, 0) is 16.5 Å². The summed E-state index contributed by atoms with van der Waals surface area (Å²) in [6, 6.07) is 21.2. The van der Waals surface area contributed by atoms with E-state index in [1.54, 1.807) is 0 Å². The first-order valence-electron chi connectivity index (χ1n) is 8.00. The predicted molar refractivity (Wildman–Crippen MR) is 95.0 cm³/mol. The fourth-order valence-electron chi connectivity index (χ4n) is 2.84. The summed E-state index contributed by atoms with van der Waals surface area (Å²) in [5, 5.41) is 3.63. The second-order valence-electron chi connectivity index (χ2n) is 7.18. The first-order chi connectivity index (χ1) is 10.5. The Morgan fingerprint density at radius 3 is 1.59 bits per heavy atom. The molecule has 22 heavy (non-hydrogen) atoms. The highest BCUT2D eigenvalue weighted by molar-refractivity contribution is 5.40. The SMILES string of the molecule is CC(C)(C)CNCC(CN)(c1ccccc1)c1ccccc1.